The van der Waals surface area contributed by atoms with Crippen LogP contribution in [0.5, 0.6) is 0 Å². The SMILES string of the molecule is N#CC1=C(C(=O)NCCO)CCC1. The van der Waals surface area contributed by atoms with E-state index in [9.17, 15) is 4.79 Å². The second kappa shape index (κ2) is 4.63. The van der Waals surface area contributed by atoms with Crippen LogP contribution >= 0.6 is 0 Å². The monoisotopic (exact) mass is 180 g/mol. The van der Waals surface area contributed by atoms with Crippen molar-refractivity contribution in [3.8, 4) is 6.07 Å². The van der Waals surface area contributed by atoms with E-state index in [1.165, 1.54) is 0 Å². The van der Waals surface area contributed by atoms with Gasteiger partial charge in [-0.1, -0.05) is 0 Å². The molecule has 1 amide bonds. The molecule has 0 spiro atoms. The maximum Gasteiger partial charge on any atom is 0.248 e. The van der Waals surface area contributed by atoms with E-state index in [2.05, 4.69) is 5.32 Å². The molecule has 0 atom stereocenters. The van der Waals surface area contributed by atoms with Crippen molar-refractivity contribution in [1.29, 1.82) is 5.26 Å². The summed E-state index contributed by atoms with van der Waals surface area (Å²) in [6, 6.07) is 2.03. The molecule has 0 heterocycles. The predicted molar refractivity (Wildman–Crippen MR) is 46.6 cm³/mol. The van der Waals surface area contributed by atoms with Crippen LogP contribution in [0.25, 0.3) is 0 Å². The lowest BCUT2D eigenvalue weighted by molar-refractivity contribution is -0.117. The third kappa shape index (κ3) is 2.30. The summed E-state index contributed by atoms with van der Waals surface area (Å²) in [5.41, 5.74) is 1.19. The van der Waals surface area contributed by atoms with Crippen molar-refractivity contribution in [3.63, 3.8) is 0 Å². The van der Waals surface area contributed by atoms with Gasteiger partial charge in [0.2, 0.25) is 5.91 Å². The quantitative estimate of drug-likeness (QED) is 0.647. The number of allylic oxidation sites excluding steroid dienone is 1. The smallest absolute Gasteiger partial charge is 0.248 e. The second-order valence-corrected chi connectivity index (χ2v) is 2.90. The molecular formula is C9H12N2O2. The molecule has 13 heavy (non-hydrogen) atoms. The zero-order valence-electron chi connectivity index (χ0n) is 7.34. The standard InChI is InChI=1S/C9H12N2O2/c10-6-7-2-1-3-8(7)9(13)11-4-5-12/h12H,1-5H2,(H,11,13). The van der Waals surface area contributed by atoms with E-state index in [0.717, 1.165) is 6.42 Å². The topological polar surface area (TPSA) is 73.1 Å². The molecular weight excluding hydrogens is 168 g/mol. The molecule has 0 unspecified atom stereocenters. The van der Waals surface area contributed by atoms with Gasteiger partial charge < -0.3 is 10.4 Å². The Morgan fingerprint density at radius 1 is 1.62 bits per heavy atom. The van der Waals surface area contributed by atoms with Crippen LogP contribution in [-0.2, 0) is 4.79 Å². The van der Waals surface area contributed by atoms with Gasteiger partial charge in [0.1, 0.15) is 0 Å². The first kappa shape index (κ1) is 9.75. The van der Waals surface area contributed by atoms with Crippen LogP contribution in [0, 0.1) is 11.3 Å². The van der Waals surface area contributed by atoms with Crippen LogP contribution in [0.4, 0.5) is 0 Å². The molecule has 1 rings (SSSR count). The molecule has 0 aromatic rings. The number of nitriles is 1. The average molecular weight is 180 g/mol. The molecule has 0 saturated heterocycles. The van der Waals surface area contributed by atoms with Crippen LogP contribution in [0.1, 0.15) is 19.3 Å². The van der Waals surface area contributed by atoms with Gasteiger partial charge in [-0.05, 0) is 19.3 Å². The minimum absolute atomic E-state index is 0.0685. The van der Waals surface area contributed by atoms with E-state index in [4.69, 9.17) is 10.4 Å². The van der Waals surface area contributed by atoms with Crippen molar-refractivity contribution in [3.05, 3.63) is 11.1 Å². The van der Waals surface area contributed by atoms with Crippen molar-refractivity contribution in [2.24, 2.45) is 0 Å². The van der Waals surface area contributed by atoms with E-state index < -0.39 is 0 Å². The minimum Gasteiger partial charge on any atom is -0.395 e. The number of hydrogen-bond acceptors (Lipinski definition) is 3. The number of aliphatic hydroxyl groups excluding tert-OH is 1. The van der Waals surface area contributed by atoms with Gasteiger partial charge in [0.05, 0.1) is 12.7 Å². The van der Waals surface area contributed by atoms with Gasteiger partial charge in [0.25, 0.3) is 0 Å². The second-order valence-electron chi connectivity index (χ2n) is 2.90. The van der Waals surface area contributed by atoms with Gasteiger partial charge in [-0.2, -0.15) is 5.26 Å². The number of aliphatic hydroxyl groups is 1. The summed E-state index contributed by atoms with van der Waals surface area (Å²) in [5.74, 6) is -0.205. The number of nitrogens with zero attached hydrogens (tertiary/aromatic N) is 1. The molecule has 0 radical (unpaired) electrons. The lowest BCUT2D eigenvalue weighted by Gasteiger charge is -2.03. The number of carbonyl (C=O) groups excluding carboxylic acids is 1. The van der Waals surface area contributed by atoms with Gasteiger partial charge in [0.15, 0.2) is 0 Å². The van der Waals surface area contributed by atoms with E-state index >= 15 is 0 Å². The Labute approximate surface area is 76.9 Å². The van der Waals surface area contributed by atoms with Crippen molar-refractivity contribution in [2.45, 2.75) is 19.3 Å². The van der Waals surface area contributed by atoms with Crippen molar-refractivity contribution in [1.82, 2.24) is 5.32 Å². The highest BCUT2D eigenvalue weighted by Gasteiger charge is 2.19. The Hall–Kier alpha value is -1.34. The van der Waals surface area contributed by atoms with Gasteiger partial charge >= 0.3 is 0 Å². The summed E-state index contributed by atoms with van der Waals surface area (Å²) in [4.78, 5) is 11.3. The molecule has 1 aliphatic carbocycles. The van der Waals surface area contributed by atoms with Crippen molar-refractivity contribution in [2.75, 3.05) is 13.2 Å². The molecule has 0 bridgehead atoms. The maximum atomic E-state index is 11.3. The molecule has 0 saturated carbocycles. The fourth-order valence-electron chi connectivity index (χ4n) is 1.39. The molecule has 0 fully saturated rings. The highest BCUT2D eigenvalue weighted by Crippen LogP contribution is 2.25. The third-order valence-electron chi connectivity index (χ3n) is 2.02. The lowest BCUT2D eigenvalue weighted by atomic mass is 10.1. The van der Waals surface area contributed by atoms with Crippen LogP contribution < -0.4 is 5.32 Å². The lowest BCUT2D eigenvalue weighted by Crippen LogP contribution is -2.27. The van der Waals surface area contributed by atoms with E-state index in [1.807, 2.05) is 6.07 Å². The van der Waals surface area contributed by atoms with Crippen molar-refractivity contribution >= 4 is 5.91 Å². The first-order chi connectivity index (χ1) is 6.29. The Balaban J connectivity index is 2.60. The molecule has 2 N–H and O–H groups in total. The summed E-state index contributed by atoms with van der Waals surface area (Å²) in [6.07, 6.45) is 2.27. The maximum absolute atomic E-state index is 11.3. The third-order valence-corrected chi connectivity index (χ3v) is 2.02. The zero-order chi connectivity index (χ0) is 9.68. The van der Waals surface area contributed by atoms with Gasteiger partial charge in [0, 0.05) is 17.7 Å². The van der Waals surface area contributed by atoms with Crippen LogP contribution in [-0.4, -0.2) is 24.2 Å². The Morgan fingerprint density at radius 3 is 3.00 bits per heavy atom. The number of hydrogen-bond donors (Lipinski definition) is 2. The van der Waals surface area contributed by atoms with E-state index in [-0.39, 0.29) is 19.1 Å². The largest absolute Gasteiger partial charge is 0.395 e. The minimum atomic E-state index is -0.205. The predicted octanol–water partition coefficient (Wildman–Crippen LogP) is 0.0990. The highest BCUT2D eigenvalue weighted by molar-refractivity contribution is 5.95. The van der Waals surface area contributed by atoms with Crippen LogP contribution in [0.15, 0.2) is 11.1 Å². The van der Waals surface area contributed by atoms with Gasteiger partial charge in [-0.3, -0.25) is 4.79 Å². The first-order valence-electron chi connectivity index (χ1n) is 4.30. The summed E-state index contributed by atoms with van der Waals surface area (Å²) in [7, 11) is 0. The van der Waals surface area contributed by atoms with E-state index in [0.29, 0.717) is 24.0 Å². The zero-order valence-corrected chi connectivity index (χ0v) is 7.34. The number of rotatable bonds is 3. The normalized spacial score (nSPS) is 15.7. The molecule has 1 aliphatic rings. The number of amides is 1. The molecule has 0 aromatic carbocycles. The highest BCUT2D eigenvalue weighted by atomic mass is 16.3. The van der Waals surface area contributed by atoms with Crippen LogP contribution in [0.2, 0.25) is 0 Å². The Kier molecular flexibility index (Phi) is 3.47. The van der Waals surface area contributed by atoms with Gasteiger partial charge in [-0.15, -0.1) is 0 Å². The van der Waals surface area contributed by atoms with Gasteiger partial charge in [-0.25, -0.2) is 0 Å². The van der Waals surface area contributed by atoms with E-state index in [1.54, 1.807) is 0 Å². The average Bonchev–Trinajstić information content (AvgIpc) is 2.61. The number of carbonyl (C=O) groups is 1. The molecule has 0 aromatic heterocycles. The first-order valence-corrected chi connectivity index (χ1v) is 4.30. The Morgan fingerprint density at radius 2 is 2.38 bits per heavy atom. The molecule has 70 valence electrons. The number of nitrogens with one attached hydrogen (secondary N) is 1. The van der Waals surface area contributed by atoms with Crippen LogP contribution in [0.3, 0.4) is 0 Å². The summed E-state index contributed by atoms with van der Waals surface area (Å²) in [6.45, 7) is 0.182. The molecule has 0 aliphatic heterocycles. The summed E-state index contributed by atoms with van der Waals surface area (Å²) < 4.78 is 0. The fraction of sp³-hybridized carbons (Fsp3) is 0.556. The summed E-state index contributed by atoms with van der Waals surface area (Å²) in [5, 5.41) is 19.7. The molecule has 4 heteroatoms. The Bertz CT molecular complexity index is 276. The summed E-state index contributed by atoms with van der Waals surface area (Å²) >= 11 is 0. The fourth-order valence-corrected chi connectivity index (χ4v) is 1.39. The van der Waals surface area contributed by atoms with Crippen molar-refractivity contribution < 1.29 is 9.90 Å². The molecule has 4 nitrogen and oxygen atoms in total.